The van der Waals surface area contributed by atoms with Gasteiger partial charge in [0.1, 0.15) is 5.82 Å². The summed E-state index contributed by atoms with van der Waals surface area (Å²) in [5.41, 5.74) is 0. The first-order valence-electron chi connectivity index (χ1n) is 5.25. The number of halogens is 1. The van der Waals surface area contributed by atoms with Crippen LogP contribution < -0.4 is 5.32 Å². The topological polar surface area (TPSA) is 42.0 Å². The Balaban J connectivity index is 2.28. The highest BCUT2D eigenvalue weighted by Gasteiger charge is 2.04. The number of aromatic nitrogens is 1. The van der Waals surface area contributed by atoms with Gasteiger partial charge >= 0.3 is 0 Å². The van der Waals surface area contributed by atoms with Gasteiger partial charge in [-0.25, -0.2) is 4.98 Å². The third kappa shape index (κ3) is 3.04. The van der Waals surface area contributed by atoms with Crippen LogP contribution in [0.4, 0.5) is 5.82 Å². The molecular weight excluding hydrogens is 300 g/mol. The van der Waals surface area contributed by atoms with Crippen LogP contribution in [0.3, 0.4) is 0 Å². The van der Waals surface area contributed by atoms with Crippen molar-refractivity contribution in [3.8, 4) is 0 Å². The smallest absolute Gasteiger partial charge is 0.133 e. The van der Waals surface area contributed by atoms with Gasteiger partial charge in [-0.1, -0.05) is 28.1 Å². The van der Waals surface area contributed by atoms with Gasteiger partial charge in [-0.15, -0.1) is 0 Å². The number of anilines is 1. The fourth-order valence-electron chi connectivity index (χ4n) is 1.62. The Kier molecular flexibility index (Phi) is 4.12. The van der Waals surface area contributed by atoms with Crippen molar-refractivity contribution in [1.82, 2.24) is 4.98 Å². The molecule has 0 amide bonds. The molecule has 1 N–H and O–H groups in total. The molecule has 0 aliphatic rings. The summed E-state index contributed by atoms with van der Waals surface area (Å²) >= 11 is 3.52. The molecule has 0 saturated carbocycles. The van der Waals surface area contributed by atoms with E-state index < -0.39 is 10.8 Å². The van der Waals surface area contributed by atoms with E-state index in [-0.39, 0.29) is 0 Å². The largest absolute Gasteiger partial charge is 0.369 e. The summed E-state index contributed by atoms with van der Waals surface area (Å²) in [5, 5.41) is 5.42. The molecule has 1 aromatic carbocycles. The fraction of sp³-hybridized carbons (Fsp3) is 0.250. The maximum Gasteiger partial charge on any atom is 0.133 e. The molecule has 90 valence electrons. The highest BCUT2D eigenvalue weighted by atomic mass is 79.9. The second kappa shape index (κ2) is 5.60. The maximum atomic E-state index is 11.0. The van der Waals surface area contributed by atoms with E-state index in [2.05, 4.69) is 26.2 Å². The van der Waals surface area contributed by atoms with Gasteiger partial charge in [0, 0.05) is 50.8 Å². The standard InChI is InChI=1S/C12H13BrN2OS/c1-17(16)8-7-15-12-10-3-2-4-11(13)9(10)5-6-14-12/h2-6H,7-8H2,1H3,(H,14,15). The maximum absolute atomic E-state index is 11.0. The lowest BCUT2D eigenvalue weighted by Crippen LogP contribution is -2.10. The molecule has 0 fully saturated rings. The minimum absolute atomic E-state index is 0.631. The van der Waals surface area contributed by atoms with Crippen molar-refractivity contribution in [3.05, 3.63) is 34.9 Å². The van der Waals surface area contributed by atoms with E-state index in [9.17, 15) is 4.21 Å². The Bertz CT molecular complexity index is 559. The molecule has 3 nitrogen and oxygen atoms in total. The second-order valence-corrected chi connectivity index (χ2v) is 6.11. The van der Waals surface area contributed by atoms with E-state index in [1.54, 1.807) is 12.5 Å². The zero-order valence-corrected chi connectivity index (χ0v) is 11.8. The summed E-state index contributed by atoms with van der Waals surface area (Å²) in [4.78, 5) is 4.31. The molecule has 1 heterocycles. The molecule has 1 atom stereocenters. The summed E-state index contributed by atoms with van der Waals surface area (Å²) < 4.78 is 12.0. The number of benzene rings is 1. The first-order chi connectivity index (χ1) is 8.18. The molecule has 0 saturated heterocycles. The molecule has 0 spiro atoms. The minimum atomic E-state index is -0.777. The third-order valence-corrected chi connectivity index (χ3v) is 3.91. The van der Waals surface area contributed by atoms with E-state index in [1.165, 1.54) is 0 Å². The van der Waals surface area contributed by atoms with E-state index in [0.29, 0.717) is 12.3 Å². The van der Waals surface area contributed by atoms with Crippen molar-refractivity contribution in [2.24, 2.45) is 0 Å². The van der Waals surface area contributed by atoms with Crippen molar-refractivity contribution in [2.75, 3.05) is 23.9 Å². The van der Waals surface area contributed by atoms with Gasteiger partial charge in [-0.2, -0.15) is 0 Å². The number of nitrogens with one attached hydrogen (secondary N) is 1. The van der Waals surface area contributed by atoms with Crippen molar-refractivity contribution in [1.29, 1.82) is 0 Å². The molecule has 0 aliphatic carbocycles. The number of fused-ring (bicyclic) bond motifs is 1. The summed E-state index contributed by atoms with van der Waals surface area (Å²) in [6, 6.07) is 7.99. The zero-order chi connectivity index (χ0) is 12.3. The van der Waals surface area contributed by atoms with Crippen LogP contribution in [0, 0.1) is 0 Å². The Hall–Kier alpha value is -0.940. The predicted octanol–water partition coefficient (Wildman–Crippen LogP) is 2.79. The van der Waals surface area contributed by atoms with E-state index in [0.717, 1.165) is 21.1 Å². The van der Waals surface area contributed by atoms with Gasteiger partial charge in [0.05, 0.1) is 0 Å². The quantitative estimate of drug-likeness (QED) is 0.944. The Morgan fingerprint density at radius 3 is 2.94 bits per heavy atom. The fourth-order valence-corrected chi connectivity index (χ4v) is 2.51. The van der Waals surface area contributed by atoms with Crippen LogP contribution >= 0.6 is 15.9 Å². The molecular formula is C12H13BrN2OS. The molecule has 2 rings (SSSR count). The zero-order valence-electron chi connectivity index (χ0n) is 9.44. The molecule has 0 bridgehead atoms. The minimum Gasteiger partial charge on any atom is -0.369 e. The number of hydrogen-bond acceptors (Lipinski definition) is 3. The second-order valence-electron chi connectivity index (χ2n) is 3.70. The van der Waals surface area contributed by atoms with Gasteiger partial charge in [0.25, 0.3) is 0 Å². The number of hydrogen-bond donors (Lipinski definition) is 1. The number of pyridine rings is 1. The van der Waals surface area contributed by atoms with Crippen molar-refractivity contribution >= 4 is 43.3 Å². The molecule has 0 radical (unpaired) electrons. The highest BCUT2D eigenvalue weighted by Crippen LogP contribution is 2.27. The van der Waals surface area contributed by atoms with Crippen LogP contribution in [0.2, 0.25) is 0 Å². The van der Waals surface area contributed by atoms with Crippen LogP contribution in [-0.2, 0) is 10.8 Å². The van der Waals surface area contributed by atoms with Gasteiger partial charge in [-0.3, -0.25) is 4.21 Å². The molecule has 5 heteroatoms. The monoisotopic (exact) mass is 312 g/mol. The average Bonchev–Trinajstić information content (AvgIpc) is 2.30. The molecule has 2 aromatic rings. The van der Waals surface area contributed by atoms with Crippen LogP contribution in [0.1, 0.15) is 0 Å². The first-order valence-corrected chi connectivity index (χ1v) is 7.77. The summed E-state index contributed by atoms with van der Waals surface area (Å²) in [6.45, 7) is 0.668. The SMILES string of the molecule is CS(=O)CCNc1nccc2c(Br)cccc12. The average molecular weight is 313 g/mol. The predicted molar refractivity (Wildman–Crippen MR) is 76.9 cm³/mol. The van der Waals surface area contributed by atoms with E-state index in [4.69, 9.17) is 0 Å². The van der Waals surface area contributed by atoms with Crippen molar-refractivity contribution < 1.29 is 4.21 Å². The Morgan fingerprint density at radius 1 is 1.35 bits per heavy atom. The Morgan fingerprint density at radius 2 is 2.18 bits per heavy atom. The molecule has 17 heavy (non-hydrogen) atoms. The summed E-state index contributed by atoms with van der Waals surface area (Å²) in [7, 11) is -0.777. The van der Waals surface area contributed by atoms with Crippen LogP contribution in [0.15, 0.2) is 34.9 Å². The molecule has 1 aromatic heterocycles. The molecule has 1 unspecified atom stereocenters. The van der Waals surface area contributed by atoms with Gasteiger partial charge in [0.15, 0.2) is 0 Å². The highest BCUT2D eigenvalue weighted by molar-refractivity contribution is 9.10. The lowest BCUT2D eigenvalue weighted by molar-refractivity contribution is 0.687. The van der Waals surface area contributed by atoms with Gasteiger partial charge < -0.3 is 5.32 Å². The van der Waals surface area contributed by atoms with E-state index >= 15 is 0 Å². The van der Waals surface area contributed by atoms with Crippen LogP contribution in [0.5, 0.6) is 0 Å². The van der Waals surface area contributed by atoms with Gasteiger partial charge in [-0.05, 0) is 12.1 Å². The first kappa shape index (κ1) is 12.5. The normalized spacial score (nSPS) is 12.6. The lowest BCUT2D eigenvalue weighted by atomic mass is 10.1. The van der Waals surface area contributed by atoms with Crippen molar-refractivity contribution in [3.63, 3.8) is 0 Å². The molecule has 0 aliphatic heterocycles. The van der Waals surface area contributed by atoms with Crippen LogP contribution in [0.25, 0.3) is 10.8 Å². The number of nitrogens with zero attached hydrogens (tertiary/aromatic N) is 1. The summed E-state index contributed by atoms with van der Waals surface area (Å²) in [6.07, 6.45) is 3.48. The number of rotatable bonds is 4. The van der Waals surface area contributed by atoms with Gasteiger partial charge in [0.2, 0.25) is 0 Å². The third-order valence-electron chi connectivity index (χ3n) is 2.43. The lowest BCUT2D eigenvalue weighted by Gasteiger charge is -2.08. The Labute approximate surface area is 111 Å². The van der Waals surface area contributed by atoms with Crippen LogP contribution in [-0.4, -0.2) is 27.7 Å². The van der Waals surface area contributed by atoms with Crippen molar-refractivity contribution in [2.45, 2.75) is 0 Å². The van der Waals surface area contributed by atoms with E-state index in [1.807, 2.05) is 24.3 Å². The summed E-state index contributed by atoms with van der Waals surface area (Å²) in [5.74, 6) is 1.47.